The van der Waals surface area contributed by atoms with Crippen molar-refractivity contribution in [2.45, 2.75) is 16.2 Å². The van der Waals surface area contributed by atoms with Crippen LogP contribution in [-0.2, 0) is 21.0 Å². The first-order valence-corrected chi connectivity index (χ1v) is 11.0. The quantitative estimate of drug-likeness (QED) is 0.517. The van der Waals surface area contributed by atoms with Crippen LogP contribution in [0.5, 0.6) is 0 Å². The second kappa shape index (κ2) is 8.67. The van der Waals surface area contributed by atoms with Crippen LogP contribution in [0.25, 0.3) is 0 Å². The number of sulfonamides is 1. The Labute approximate surface area is 170 Å². The summed E-state index contributed by atoms with van der Waals surface area (Å²) in [5.41, 5.74) is -1.07. The highest BCUT2D eigenvalue weighted by molar-refractivity contribution is 7.99. The number of halogens is 3. The third-order valence-electron chi connectivity index (χ3n) is 4.22. The summed E-state index contributed by atoms with van der Waals surface area (Å²) in [6.45, 7) is 0.700. The van der Waals surface area contributed by atoms with Gasteiger partial charge >= 0.3 is 6.18 Å². The lowest BCUT2D eigenvalue weighted by molar-refractivity contribution is -0.141. The Morgan fingerprint density at radius 2 is 1.72 bits per heavy atom. The summed E-state index contributed by atoms with van der Waals surface area (Å²) in [5, 5.41) is -0.140. The molecular formula is C17H17F3N4O3S2. The Morgan fingerprint density at radius 1 is 1.07 bits per heavy atom. The van der Waals surface area contributed by atoms with Crippen molar-refractivity contribution in [3.8, 4) is 0 Å². The fourth-order valence-electron chi connectivity index (χ4n) is 2.71. The molecule has 0 N–H and O–H groups in total. The van der Waals surface area contributed by atoms with E-state index in [0.717, 1.165) is 24.0 Å². The van der Waals surface area contributed by atoms with E-state index in [1.165, 1.54) is 21.3 Å². The average Bonchev–Trinajstić information content (AvgIpc) is 2.72. The fraction of sp³-hybridized carbons (Fsp3) is 0.353. The number of alkyl halides is 3. The third kappa shape index (κ3) is 5.25. The van der Waals surface area contributed by atoms with Crippen LogP contribution in [0, 0.1) is 0 Å². The van der Waals surface area contributed by atoms with Crippen molar-refractivity contribution in [2.24, 2.45) is 0 Å². The van der Waals surface area contributed by atoms with Crippen molar-refractivity contribution in [2.75, 3.05) is 31.9 Å². The topological polar surface area (TPSA) is 83.5 Å². The van der Waals surface area contributed by atoms with Gasteiger partial charge in [-0.15, -0.1) is 0 Å². The van der Waals surface area contributed by atoms with Crippen LogP contribution in [0.15, 0.2) is 52.6 Å². The molecule has 12 heteroatoms. The van der Waals surface area contributed by atoms with Gasteiger partial charge in [0.05, 0.1) is 10.6 Å². The Balaban J connectivity index is 1.54. The zero-order valence-electron chi connectivity index (χ0n) is 15.0. The first kappa shape index (κ1) is 21.5. The maximum atomic E-state index is 12.7. The molecule has 7 nitrogen and oxygen atoms in total. The zero-order chi connectivity index (χ0) is 21.1. The van der Waals surface area contributed by atoms with Crippen molar-refractivity contribution in [3.05, 3.63) is 48.3 Å². The third-order valence-corrected chi connectivity index (χ3v) is 6.98. The summed E-state index contributed by atoms with van der Waals surface area (Å²) < 4.78 is 64.6. The first-order valence-electron chi connectivity index (χ1n) is 8.54. The van der Waals surface area contributed by atoms with Gasteiger partial charge in [0.2, 0.25) is 15.9 Å². The van der Waals surface area contributed by atoms with Gasteiger partial charge in [0.1, 0.15) is 5.69 Å². The van der Waals surface area contributed by atoms with Crippen LogP contribution in [0.3, 0.4) is 0 Å². The summed E-state index contributed by atoms with van der Waals surface area (Å²) in [5.74, 6) is -0.444. The minimum absolute atomic E-state index is 0.132. The minimum atomic E-state index is -4.58. The van der Waals surface area contributed by atoms with Crippen LogP contribution in [-0.4, -0.2) is 65.4 Å². The van der Waals surface area contributed by atoms with Crippen LogP contribution >= 0.6 is 11.8 Å². The van der Waals surface area contributed by atoms with Crippen LogP contribution < -0.4 is 0 Å². The monoisotopic (exact) mass is 446 g/mol. The molecule has 1 aromatic heterocycles. The number of thioether (sulfide) groups is 1. The van der Waals surface area contributed by atoms with E-state index in [1.54, 1.807) is 18.2 Å². The number of carbonyl (C=O) groups excluding carboxylic acids is 1. The lowest BCUT2D eigenvalue weighted by Crippen LogP contribution is -2.50. The van der Waals surface area contributed by atoms with Crippen molar-refractivity contribution in [1.29, 1.82) is 0 Å². The highest BCUT2D eigenvalue weighted by Crippen LogP contribution is 2.28. The van der Waals surface area contributed by atoms with Gasteiger partial charge in [0.15, 0.2) is 5.16 Å². The van der Waals surface area contributed by atoms with Gasteiger partial charge in [-0.3, -0.25) is 4.79 Å². The molecule has 2 heterocycles. The van der Waals surface area contributed by atoms with E-state index in [0.29, 0.717) is 0 Å². The van der Waals surface area contributed by atoms with Crippen LogP contribution in [0.1, 0.15) is 5.69 Å². The first-order chi connectivity index (χ1) is 13.7. The molecule has 0 saturated carbocycles. The molecule has 0 spiro atoms. The van der Waals surface area contributed by atoms with Crippen molar-refractivity contribution < 1.29 is 26.4 Å². The number of aromatic nitrogens is 2. The molecule has 0 bridgehead atoms. The van der Waals surface area contributed by atoms with E-state index in [9.17, 15) is 26.4 Å². The van der Waals surface area contributed by atoms with E-state index < -0.39 is 21.9 Å². The molecule has 1 aliphatic rings. The molecule has 1 saturated heterocycles. The molecular weight excluding hydrogens is 429 g/mol. The van der Waals surface area contributed by atoms with E-state index in [1.807, 2.05) is 0 Å². The van der Waals surface area contributed by atoms with E-state index in [4.69, 9.17) is 0 Å². The van der Waals surface area contributed by atoms with Gasteiger partial charge in [-0.1, -0.05) is 30.0 Å². The molecule has 1 aromatic carbocycles. The van der Waals surface area contributed by atoms with Crippen LogP contribution in [0.2, 0.25) is 0 Å². The summed E-state index contributed by atoms with van der Waals surface area (Å²) >= 11 is 0.810. The van der Waals surface area contributed by atoms with E-state index >= 15 is 0 Å². The standard InChI is InChI=1S/C17H17F3N4O3S2/c18-17(19,20)14-6-7-21-16(22-14)28-12-15(25)23-8-10-24(11-9-23)29(26,27)13-4-2-1-3-5-13/h1-7H,8-12H2. The number of piperazine rings is 1. The maximum Gasteiger partial charge on any atom is 0.433 e. The minimum Gasteiger partial charge on any atom is -0.339 e. The lowest BCUT2D eigenvalue weighted by Gasteiger charge is -2.34. The lowest BCUT2D eigenvalue weighted by atomic mass is 10.3. The Morgan fingerprint density at radius 3 is 2.34 bits per heavy atom. The number of nitrogens with zero attached hydrogens (tertiary/aromatic N) is 4. The maximum absolute atomic E-state index is 12.7. The highest BCUT2D eigenvalue weighted by Gasteiger charge is 2.33. The molecule has 0 radical (unpaired) electrons. The molecule has 3 rings (SSSR count). The number of rotatable bonds is 5. The molecule has 1 aliphatic heterocycles. The number of carbonyl (C=O) groups is 1. The van der Waals surface area contributed by atoms with Gasteiger partial charge in [-0.05, 0) is 18.2 Å². The van der Waals surface area contributed by atoms with Gasteiger partial charge < -0.3 is 4.90 Å². The summed E-state index contributed by atoms with van der Waals surface area (Å²) in [4.78, 5) is 21.2. The largest absolute Gasteiger partial charge is 0.433 e. The SMILES string of the molecule is O=C(CSc1nccc(C(F)(F)F)n1)N1CCN(S(=O)(=O)c2ccccc2)CC1. The van der Waals surface area contributed by atoms with Crippen LogP contribution in [0.4, 0.5) is 13.2 Å². The zero-order valence-corrected chi connectivity index (χ0v) is 16.7. The van der Waals surface area contributed by atoms with Crippen molar-refractivity contribution in [1.82, 2.24) is 19.2 Å². The summed E-state index contributed by atoms with van der Waals surface area (Å²) in [6, 6.07) is 8.79. The van der Waals surface area contributed by atoms with Gasteiger partial charge in [0.25, 0.3) is 0 Å². The highest BCUT2D eigenvalue weighted by atomic mass is 32.2. The Hall–Kier alpha value is -2.18. The van der Waals surface area contributed by atoms with Crippen molar-refractivity contribution in [3.63, 3.8) is 0 Å². The second-order valence-electron chi connectivity index (χ2n) is 6.11. The number of hydrogen-bond donors (Lipinski definition) is 0. The smallest absolute Gasteiger partial charge is 0.339 e. The average molecular weight is 446 g/mol. The molecule has 1 amide bonds. The number of hydrogen-bond acceptors (Lipinski definition) is 6. The van der Waals surface area contributed by atoms with Gasteiger partial charge in [0, 0.05) is 32.4 Å². The summed E-state index contributed by atoms with van der Waals surface area (Å²) in [7, 11) is -3.62. The second-order valence-corrected chi connectivity index (χ2v) is 8.99. The molecule has 2 aromatic rings. The Bertz CT molecular complexity index is 963. The summed E-state index contributed by atoms with van der Waals surface area (Å²) in [6.07, 6.45) is -3.58. The molecule has 1 fully saturated rings. The fourth-order valence-corrected chi connectivity index (χ4v) is 4.88. The molecule has 0 unspecified atom stereocenters. The molecule has 0 atom stereocenters. The predicted octanol–water partition coefficient (Wildman–Crippen LogP) is 2.12. The number of benzene rings is 1. The molecule has 29 heavy (non-hydrogen) atoms. The van der Waals surface area contributed by atoms with E-state index in [-0.39, 0.29) is 47.9 Å². The predicted molar refractivity (Wildman–Crippen MR) is 99.5 cm³/mol. The van der Waals surface area contributed by atoms with E-state index in [2.05, 4.69) is 9.97 Å². The Kier molecular flexibility index (Phi) is 6.44. The van der Waals surface area contributed by atoms with Crippen molar-refractivity contribution >= 4 is 27.7 Å². The van der Waals surface area contributed by atoms with Gasteiger partial charge in [-0.25, -0.2) is 18.4 Å². The van der Waals surface area contributed by atoms with Gasteiger partial charge in [-0.2, -0.15) is 17.5 Å². The normalized spacial score (nSPS) is 16.0. The molecule has 0 aliphatic carbocycles. The molecule has 156 valence electrons. The number of amides is 1.